The second-order valence-corrected chi connectivity index (χ2v) is 8.15. The van der Waals surface area contributed by atoms with Gasteiger partial charge in [0.2, 0.25) is 10.0 Å². The number of hydrogen-bond acceptors (Lipinski definition) is 5. The molecule has 0 radical (unpaired) electrons. The number of sulfonamides is 1. The molecule has 1 N–H and O–H groups in total. The van der Waals surface area contributed by atoms with Gasteiger partial charge in [-0.1, -0.05) is 30.3 Å². The Hall–Kier alpha value is -1.44. The van der Waals surface area contributed by atoms with Crippen LogP contribution in [0, 0.1) is 0 Å². The van der Waals surface area contributed by atoms with Gasteiger partial charge in [0.25, 0.3) is 0 Å². The molecule has 118 valence electrons. The zero-order chi connectivity index (χ0) is 15.6. The predicted molar refractivity (Wildman–Crippen MR) is 90.8 cm³/mol. The monoisotopic (exact) mass is 337 g/mol. The molecule has 0 aliphatic carbocycles. The second kappa shape index (κ2) is 6.36. The summed E-state index contributed by atoms with van der Waals surface area (Å²) in [7, 11) is -3.12. The third-order valence-corrected chi connectivity index (χ3v) is 5.37. The maximum absolute atomic E-state index is 11.3. The van der Waals surface area contributed by atoms with Gasteiger partial charge in [0.15, 0.2) is 5.13 Å². The van der Waals surface area contributed by atoms with Crippen molar-refractivity contribution in [1.82, 2.24) is 9.71 Å². The first-order valence-corrected chi connectivity index (χ1v) is 10.0. The Bertz CT molecular complexity index is 720. The lowest BCUT2D eigenvalue weighted by molar-refractivity contribution is 0.461. The molecule has 1 aliphatic rings. The lowest BCUT2D eigenvalue weighted by atomic mass is 10.1. The summed E-state index contributed by atoms with van der Waals surface area (Å²) in [6.07, 6.45) is 2.84. The summed E-state index contributed by atoms with van der Waals surface area (Å²) in [6, 6.07) is 10.2. The van der Waals surface area contributed by atoms with E-state index < -0.39 is 10.0 Å². The van der Waals surface area contributed by atoms with Crippen molar-refractivity contribution in [2.45, 2.75) is 18.9 Å². The molecule has 7 heteroatoms. The molecule has 0 amide bonds. The van der Waals surface area contributed by atoms with Crippen molar-refractivity contribution in [3.05, 3.63) is 35.7 Å². The number of nitrogens with zero attached hydrogens (tertiary/aromatic N) is 2. The second-order valence-electron chi connectivity index (χ2n) is 5.53. The number of rotatable bonds is 4. The zero-order valence-corrected chi connectivity index (χ0v) is 14.0. The summed E-state index contributed by atoms with van der Waals surface area (Å²) in [5.41, 5.74) is 2.12. The summed E-state index contributed by atoms with van der Waals surface area (Å²) in [6.45, 7) is 1.66. The molecule has 1 aromatic carbocycles. The van der Waals surface area contributed by atoms with Crippen LogP contribution in [0.25, 0.3) is 11.3 Å². The quantitative estimate of drug-likeness (QED) is 0.930. The Morgan fingerprint density at radius 2 is 1.91 bits per heavy atom. The molecule has 1 aromatic heterocycles. The molecule has 3 rings (SSSR count). The van der Waals surface area contributed by atoms with E-state index in [9.17, 15) is 8.42 Å². The van der Waals surface area contributed by atoms with Crippen molar-refractivity contribution in [1.29, 1.82) is 0 Å². The van der Waals surface area contributed by atoms with Crippen LogP contribution >= 0.6 is 11.3 Å². The maximum atomic E-state index is 11.3. The van der Waals surface area contributed by atoms with Gasteiger partial charge < -0.3 is 4.90 Å². The molecular formula is C15H19N3O2S2. The van der Waals surface area contributed by atoms with Crippen LogP contribution in [0.1, 0.15) is 12.8 Å². The van der Waals surface area contributed by atoms with Crippen LogP contribution in [0.4, 0.5) is 5.13 Å². The van der Waals surface area contributed by atoms with Gasteiger partial charge in [0, 0.05) is 30.1 Å². The molecule has 0 saturated carbocycles. The molecule has 0 unspecified atom stereocenters. The Labute approximate surface area is 135 Å². The van der Waals surface area contributed by atoms with Gasteiger partial charge in [-0.05, 0) is 12.8 Å². The minimum Gasteiger partial charge on any atom is -0.348 e. The van der Waals surface area contributed by atoms with Gasteiger partial charge in [-0.3, -0.25) is 0 Å². The Balaban J connectivity index is 1.64. The van der Waals surface area contributed by atoms with Crippen LogP contribution in [0.2, 0.25) is 0 Å². The molecule has 22 heavy (non-hydrogen) atoms. The summed E-state index contributed by atoms with van der Waals surface area (Å²) in [5.74, 6) is 0. The summed E-state index contributed by atoms with van der Waals surface area (Å²) in [4.78, 5) is 6.94. The van der Waals surface area contributed by atoms with E-state index >= 15 is 0 Å². The fraction of sp³-hybridized carbons (Fsp3) is 0.400. The Kier molecular flexibility index (Phi) is 4.46. The molecule has 5 nitrogen and oxygen atoms in total. The number of hydrogen-bond donors (Lipinski definition) is 1. The zero-order valence-electron chi connectivity index (χ0n) is 12.4. The lowest BCUT2D eigenvalue weighted by Crippen LogP contribution is -2.44. The van der Waals surface area contributed by atoms with Gasteiger partial charge in [-0.15, -0.1) is 11.3 Å². The van der Waals surface area contributed by atoms with E-state index in [0.29, 0.717) is 0 Å². The van der Waals surface area contributed by atoms with Crippen LogP contribution in [0.5, 0.6) is 0 Å². The molecule has 1 saturated heterocycles. The van der Waals surface area contributed by atoms with Crippen LogP contribution in [-0.2, 0) is 10.0 Å². The fourth-order valence-corrected chi connectivity index (χ4v) is 4.37. The van der Waals surface area contributed by atoms with Crippen molar-refractivity contribution in [3.8, 4) is 11.3 Å². The topological polar surface area (TPSA) is 62.3 Å². The highest BCUT2D eigenvalue weighted by atomic mass is 32.2. The molecule has 0 bridgehead atoms. The highest BCUT2D eigenvalue weighted by Crippen LogP contribution is 2.29. The standard InChI is InChI=1S/C15H19N3O2S2/c1-22(19,20)17-13-7-9-18(10-8-13)15-16-14(11-21-15)12-5-3-2-4-6-12/h2-6,11,13,17H,7-10H2,1H3. The van der Waals surface area contributed by atoms with Gasteiger partial charge in [0.1, 0.15) is 0 Å². The first-order chi connectivity index (χ1) is 10.5. The van der Waals surface area contributed by atoms with Gasteiger partial charge in [-0.2, -0.15) is 0 Å². The Morgan fingerprint density at radius 1 is 1.23 bits per heavy atom. The van der Waals surface area contributed by atoms with E-state index in [1.807, 2.05) is 18.2 Å². The van der Waals surface area contributed by atoms with Crippen molar-refractivity contribution >= 4 is 26.5 Å². The average Bonchev–Trinajstić information content (AvgIpc) is 2.97. The predicted octanol–water partition coefficient (Wildman–Crippen LogP) is 2.33. The van der Waals surface area contributed by atoms with E-state index in [1.54, 1.807) is 11.3 Å². The highest BCUT2D eigenvalue weighted by molar-refractivity contribution is 7.88. The maximum Gasteiger partial charge on any atom is 0.208 e. The van der Waals surface area contributed by atoms with E-state index in [0.717, 1.165) is 42.3 Å². The SMILES string of the molecule is CS(=O)(=O)NC1CCN(c2nc(-c3ccccc3)cs2)CC1. The molecular weight excluding hydrogens is 318 g/mol. The van der Waals surface area contributed by atoms with Crippen molar-refractivity contribution in [2.75, 3.05) is 24.2 Å². The lowest BCUT2D eigenvalue weighted by Gasteiger charge is -2.31. The number of thiazole rings is 1. The molecule has 1 aliphatic heterocycles. The number of piperidine rings is 1. The summed E-state index contributed by atoms with van der Waals surface area (Å²) >= 11 is 1.64. The minimum absolute atomic E-state index is 0.0415. The van der Waals surface area contributed by atoms with Gasteiger partial charge in [0.05, 0.1) is 11.9 Å². The van der Waals surface area contributed by atoms with Crippen molar-refractivity contribution in [3.63, 3.8) is 0 Å². The van der Waals surface area contributed by atoms with Crippen LogP contribution in [0.3, 0.4) is 0 Å². The van der Waals surface area contributed by atoms with Crippen molar-refractivity contribution < 1.29 is 8.42 Å². The first kappa shape index (κ1) is 15.5. The number of benzene rings is 1. The van der Waals surface area contributed by atoms with E-state index in [4.69, 9.17) is 4.98 Å². The number of nitrogens with one attached hydrogen (secondary N) is 1. The van der Waals surface area contributed by atoms with Crippen LogP contribution in [-0.4, -0.2) is 38.8 Å². The largest absolute Gasteiger partial charge is 0.348 e. The van der Waals surface area contributed by atoms with Crippen molar-refractivity contribution in [2.24, 2.45) is 0 Å². The Morgan fingerprint density at radius 3 is 2.55 bits per heavy atom. The smallest absolute Gasteiger partial charge is 0.208 e. The minimum atomic E-state index is -3.12. The third-order valence-electron chi connectivity index (χ3n) is 3.71. The summed E-state index contributed by atoms with van der Waals surface area (Å²) < 4.78 is 25.2. The first-order valence-electron chi connectivity index (χ1n) is 7.24. The average molecular weight is 337 g/mol. The van der Waals surface area contributed by atoms with E-state index in [1.165, 1.54) is 6.26 Å². The van der Waals surface area contributed by atoms with E-state index in [2.05, 4.69) is 27.1 Å². The molecule has 1 fully saturated rings. The third kappa shape index (κ3) is 3.85. The fourth-order valence-electron chi connectivity index (χ4n) is 2.64. The van der Waals surface area contributed by atoms with Crippen LogP contribution in [0.15, 0.2) is 35.7 Å². The number of anilines is 1. The van der Waals surface area contributed by atoms with Crippen LogP contribution < -0.4 is 9.62 Å². The van der Waals surface area contributed by atoms with Gasteiger partial charge in [-0.25, -0.2) is 18.1 Å². The van der Waals surface area contributed by atoms with Gasteiger partial charge >= 0.3 is 0 Å². The van der Waals surface area contributed by atoms with E-state index in [-0.39, 0.29) is 6.04 Å². The molecule has 2 aromatic rings. The molecule has 0 atom stereocenters. The highest BCUT2D eigenvalue weighted by Gasteiger charge is 2.23. The molecule has 2 heterocycles. The number of aromatic nitrogens is 1. The molecule has 0 spiro atoms. The summed E-state index contributed by atoms with van der Waals surface area (Å²) in [5, 5.41) is 3.09. The normalized spacial score (nSPS) is 16.9.